The Hall–Kier alpha value is -1.07. The Morgan fingerprint density at radius 2 is 2.12 bits per heavy atom. The Labute approximate surface area is 113 Å². The van der Waals surface area contributed by atoms with Crippen molar-refractivity contribution in [3.8, 4) is 0 Å². The van der Waals surface area contributed by atoms with Crippen LogP contribution in [-0.4, -0.2) is 18.4 Å². The highest BCUT2D eigenvalue weighted by Crippen LogP contribution is 2.25. The number of halogens is 2. The molecule has 0 aliphatic carbocycles. The average molecular weight is 320 g/mol. The molecule has 0 saturated carbocycles. The first-order valence-corrected chi connectivity index (χ1v) is 6.20. The molecule has 0 aliphatic rings. The van der Waals surface area contributed by atoms with Gasteiger partial charge in [-0.1, -0.05) is 17.7 Å². The van der Waals surface area contributed by atoms with E-state index in [0.29, 0.717) is 28.0 Å². The van der Waals surface area contributed by atoms with Crippen molar-refractivity contribution in [1.29, 1.82) is 0 Å². The molecular formula is C11H12BrClN2O2. The summed E-state index contributed by atoms with van der Waals surface area (Å²) in [5.74, 6) is -0.638. The molecule has 92 valence electrons. The second-order valence-electron chi connectivity index (χ2n) is 3.43. The van der Waals surface area contributed by atoms with Crippen LogP contribution in [0.25, 0.3) is 0 Å². The zero-order valence-corrected chi connectivity index (χ0v) is 11.3. The summed E-state index contributed by atoms with van der Waals surface area (Å²) in [5, 5.41) is 3.05. The van der Waals surface area contributed by atoms with Crippen molar-refractivity contribution in [2.45, 2.75) is 12.8 Å². The SMILES string of the molecule is NC(=O)CCCNC(=O)c1cccc(Br)c1Cl. The zero-order valence-electron chi connectivity index (χ0n) is 9.00. The highest BCUT2D eigenvalue weighted by molar-refractivity contribution is 9.10. The van der Waals surface area contributed by atoms with E-state index >= 15 is 0 Å². The first-order chi connectivity index (χ1) is 8.02. The van der Waals surface area contributed by atoms with E-state index in [9.17, 15) is 9.59 Å². The minimum absolute atomic E-state index is 0.256. The van der Waals surface area contributed by atoms with Crippen LogP contribution in [0.3, 0.4) is 0 Å². The van der Waals surface area contributed by atoms with Gasteiger partial charge >= 0.3 is 0 Å². The number of benzene rings is 1. The third-order valence-electron chi connectivity index (χ3n) is 2.08. The fraction of sp³-hybridized carbons (Fsp3) is 0.273. The van der Waals surface area contributed by atoms with Crippen LogP contribution in [0.1, 0.15) is 23.2 Å². The van der Waals surface area contributed by atoms with Crippen molar-refractivity contribution in [3.05, 3.63) is 33.3 Å². The van der Waals surface area contributed by atoms with E-state index in [4.69, 9.17) is 17.3 Å². The molecule has 4 nitrogen and oxygen atoms in total. The lowest BCUT2D eigenvalue weighted by Crippen LogP contribution is -2.25. The van der Waals surface area contributed by atoms with Crippen molar-refractivity contribution in [3.63, 3.8) is 0 Å². The molecule has 0 atom stereocenters. The molecule has 1 aromatic rings. The Kier molecular flexibility index (Phi) is 5.44. The van der Waals surface area contributed by atoms with E-state index in [2.05, 4.69) is 21.2 Å². The van der Waals surface area contributed by atoms with E-state index in [-0.39, 0.29) is 18.2 Å². The first-order valence-electron chi connectivity index (χ1n) is 5.03. The molecule has 0 aromatic heterocycles. The number of nitrogens with two attached hydrogens (primary N) is 1. The quantitative estimate of drug-likeness (QED) is 0.816. The van der Waals surface area contributed by atoms with Gasteiger partial charge in [0.2, 0.25) is 5.91 Å². The number of primary amides is 1. The molecule has 1 rings (SSSR count). The molecular weight excluding hydrogens is 307 g/mol. The average Bonchev–Trinajstić information content (AvgIpc) is 2.27. The fourth-order valence-electron chi connectivity index (χ4n) is 1.24. The van der Waals surface area contributed by atoms with Crippen LogP contribution in [0.4, 0.5) is 0 Å². The predicted molar refractivity (Wildman–Crippen MR) is 69.9 cm³/mol. The lowest BCUT2D eigenvalue weighted by molar-refractivity contribution is -0.118. The molecule has 0 bridgehead atoms. The van der Waals surface area contributed by atoms with Gasteiger partial charge in [-0.2, -0.15) is 0 Å². The Bertz CT molecular complexity index is 437. The van der Waals surface area contributed by atoms with Crippen molar-refractivity contribution in [1.82, 2.24) is 5.32 Å². The predicted octanol–water partition coefficient (Wildman–Crippen LogP) is 2.10. The third-order valence-corrected chi connectivity index (χ3v) is 3.38. The summed E-state index contributed by atoms with van der Waals surface area (Å²) in [5.41, 5.74) is 5.39. The maximum Gasteiger partial charge on any atom is 0.252 e. The van der Waals surface area contributed by atoms with Gasteiger partial charge in [-0.15, -0.1) is 0 Å². The topological polar surface area (TPSA) is 72.2 Å². The monoisotopic (exact) mass is 318 g/mol. The highest BCUT2D eigenvalue weighted by Gasteiger charge is 2.11. The molecule has 0 saturated heterocycles. The summed E-state index contributed by atoms with van der Waals surface area (Å²) in [7, 11) is 0. The summed E-state index contributed by atoms with van der Waals surface area (Å²) < 4.78 is 0.670. The first kappa shape index (κ1) is 14.0. The molecule has 2 amide bonds. The van der Waals surface area contributed by atoms with Crippen LogP contribution in [-0.2, 0) is 4.79 Å². The number of carbonyl (C=O) groups excluding carboxylic acids is 2. The molecule has 1 aromatic carbocycles. The van der Waals surface area contributed by atoms with Crippen molar-refractivity contribution in [2.75, 3.05) is 6.54 Å². The van der Waals surface area contributed by atoms with Gasteiger partial charge in [0.1, 0.15) is 0 Å². The van der Waals surface area contributed by atoms with Gasteiger partial charge < -0.3 is 11.1 Å². The molecule has 0 aliphatic heterocycles. The van der Waals surface area contributed by atoms with Crippen molar-refractivity contribution >= 4 is 39.3 Å². The van der Waals surface area contributed by atoms with E-state index in [1.807, 2.05) is 0 Å². The van der Waals surface area contributed by atoms with Gasteiger partial charge in [0.05, 0.1) is 10.6 Å². The Balaban J connectivity index is 2.53. The maximum atomic E-state index is 11.7. The minimum Gasteiger partial charge on any atom is -0.370 e. The standard InChI is InChI=1S/C11H12BrClN2O2/c12-8-4-1-3-7(10(8)13)11(17)15-6-2-5-9(14)16/h1,3-4H,2,5-6H2,(H2,14,16)(H,15,17). The minimum atomic E-state index is -0.375. The smallest absolute Gasteiger partial charge is 0.252 e. The second-order valence-corrected chi connectivity index (χ2v) is 4.66. The molecule has 17 heavy (non-hydrogen) atoms. The Morgan fingerprint density at radius 1 is 1.41 bits per heavy atom. The largest absolute Gasteiger partial charge is 0.370 e. The van der Waals surface area contributed by atoms with Crippen molar-refractivity contribution in [2.24, 2.45) is 5.73 Å². The van der Waals surface area contributed by atoms with Gasteiger partial charge in [0, 0.05) is 17.4 Å². The molecule has 0 radical (unpaired) electrons. The number of amides is 2. The zero-order chi connectivity index (χ0) is 12.8. The van der Waals surface area contributed by atoms with Crippen LogP contribution in [0.2, 0.25) is 5.02 Å². The summed E-state index contributed by atoms with van der Waals surface area (Å²) in [6, 6.07) is 5.12. The summed E-state index contributed by atoms with van der Waals surface area (Å²) in [6.07, 6.45) is 0.777. The Morgan fingerprint density at radius 3 is 2.76 bits per heavy atom. The lowest BCUT2D eigenvalue weighted by atomic mass is 10.2. The number of hydrogen-bond donors (Lipinski definition) is 2. The maximum absolute atomic E-state index is 11.7. The van der Waals surface area contributed by atoms with E-state index in [1.54, 1.807) is 18.2 Å². The van der Waals surface area contributed by atoms with Gasteiger partial charge in [-0.25, -0.2) is 0 Å². The van der Waals surface area contributed by atoms with Crippen LogP contribution in [0, 0.1) is 0 Å². The van der Waals surface area contributed by atoms with E-state index in [1.165, 1.54) is 0 Å². The van der Waals surface area contributed by atoms with Crippen LogP contribution in [0.5, 0.6) is 0 Å². The van der Waals surface area contributed by atoms with Crippen LogP contribution >= 0.6 is 27.5 Å². The summed E-state index contributed by atoms with van der Waals surface area (Å²) in [6.45, 7) is 0.393. The number of rotatable bonds is 5. The third kappa shape index (κ3) is 4.36. The molecule has 0 spiro atoms. The molecule has 3 N–H and O–H groups in total. The van der Waals surface area contributed by atoms with E-state index < -0.39 is 0 Å². The number of carbonyl (C=O) groups is 2. The van der Waals surface area contributed by atoms with Gasteiger partial charge in [0.15, 0.2) is 0 Å². The van der Waals surface area contributed by atoms with Gasteiger partial charge in [-0.05, 0) is 34.5 Å². The summed E-state index contributed by atoms with van der Waals surface area (Å²) in [4.78, 5) is 22.2. The molecule has 6 heteroatoms. The van der Waals surface area contributed by atoms with Crippen molar-refractivity contribution < 1.29 is 9.59 Å². The molecule has 0 heterocycles. The lowest BCUT2D eigenvalue weighted by Gasteiger charge is -2.07. The van der Waals surface area contributed by atoms with Gasteiger partial charge in [-0.3, -0.25) is 9.59 Å². The normalized spacial score (nSPS) is 10.0. The fourth-order valence-corrected chi connectivity index (χ4v) is 1.82. The highest BCUT2D eigenvalue weighted by atomic mass is 79.9. The second kappa shape index (κ2) is 6.61. The van der Waals surface area contributed by atoms with Crippen LogP contribution < -0.4 is 11.1 Å². The van der Waals surface area contributed by atoms with Gasteiger partial charge in [0.25, 0.3) is 5.91 Å². The van der Waals surface area contributed by atoms with E-state index in [0.717, 1.165) is 0 Å². The number of nitrogens with one attached hydrogen (secondary N) is 1. The number of hydrogen-bond acceptors (Lipinski definition) is 2. The van der Waals surface area contributed by atoms with Crippen LogP contribution in [0.15, 0.2) is 22.7 Å². The summed E-state index contributed by atoms with van der Waals surface area (Å²) >= 11 is 9.21. The molecule has 0 unspecified atom stereocenters. The molecule has 0 fully saturated rings.